The van der Waals surface area contributed by atoms with Crippen LogP contribution in [0.2, 0.25) is 0 Å². The minimum absolute atomic E-state index is 0.314. The molecule has 0 aliphatic heterocycles. The number of hydrogen-bond donors (Lipinski definition) is 0. The van der Waals surface area contributed by atoms with Gasteiger partial charge < -0.3 is 13.3 Å². The van der Waals surface area contributed by atoms with Gasteiger partial charge in [0.25, 0.3) is 0 Å². The topological polar surface area (TPSA) is 117 Å². The number of benzene rings is 4. The molecular formula is C30H18N6O3. The van der Waals surface area contributed by atoms with Gasteiger partial charge in [-0.05, 0) is 16.7 Å². The SMILES string of the molecule is c1ccc(-c2c(-c3nnco3)c(-c3ccccc3)c(-c3nnco3)c(-c3ccccc3)c2-c2nnco2)cc1. The molecule has 0 bridgehead atoms. The number of nitrogens with zero attached hydrogens (tertiary/aromatic N) is 6. The van der Waals surface area contributed by atoms with Crippen LogP contribution in [-0.2, 0) is 0 Å². The molecule has 3 aromatic heterocycles. The Morgan fingerprint density at radius 2 is 0.615 bits per heavy atom. The summed E-state index contributed by atoms with van der Waals surface area (Å²) in [5.41, 5.74) is 7.05. The molecule has 186 valence electrons. The third-order valence-corrected chi connectivity index (χ3v) is 6.41. The predicted molar refractivity (Wildman–Crippen MR) is 143 cm³/mol. The summed E-state index contributed by atoms with van der Waals surface area (Å²) in [6.07, 6.45) is 3.92. The van der Waals surface area contributed by atoms with E-state index >= 15 is 0 Å². The standard InChI is InChI=1S/C30H18N6O3/c1-4-10-19(11-5-1)22-25(28-34-31-16-37-28)23(20-12-6-2-7-13-20)27(30-36-33-18-39-30)24(21-14-8-3-9-15-21)26(22)29-35-32-17-38-29/h1-18H. The lowest BCUT2D eigenvalue weighted by Gasteiger charge is -2.23. The second-order valence-corrected chi connectivity index (χ2v) is 8.58. The van der Waals surface area contributed by atoms with Gasteiger partial charge in [0, 0.05) is 16.7 Å². The molecule has 0 radical (unpaired) electrons. The van der Waals surface area contributed by atoms with Gasteiger partial charge in [-0.1, -0.05) is 91.0 Å². The third-order valence-electron chi connectivity index (χ3n) is 6.41. The Hall–Kier alpha value is -5.70. The van der Waals surface area contributed by atoms with Crippen LogP contribution in [0.1, 0.15) is 0 Å². The molecule has 0 N–H and O–H groups in total. The molecule has 9 nitrogen and oxygen atoms in total. The lowest BCUT2D eigenvalue weighted by Crippen LogP contribution is -2.02. The maximum Gasteiger partial charge on any atom is 0.248 e. The maximum atomic E-state index is 5.88. The van der Waals surface area contributed by atoms with Gasteiger partial charge in [0.05, 0.1) is 16.7 Å². The molecule has 3 heterocycles. The molecule has 9 heteroatoms. The van der Waals surface area contributed by atoms with Crippen molar-refractivity contribution in [2.24, 2.45) is 0 Å². The summed E-state index contributed by atoms with van der Waals surface area (Å²) in [7, 11) is 0. The fraction of sp³-hybridized carbons (Fsp3) is 0. The van der Waals surface area contributed by atoms with Gasteiger partial charge in [0.1, 0.15) is 0 Å². The van der Waals surface area contributed by atoms with Crippen LogP contribution in [-0.4, -0.2) is 30.6 Å². The van der Waals surface area contributed by atoms with Crippen molar-refractivity contribution in [2.45, 2.75) is 0 Å². The molecule has 0 amide bonds. The van der Waals surface area contributed by atoms with E-state index in [-0.39, 0.29) is 0 Å². The van der Waals surface area contributed by atoms with Crippen LogP contribution in [0.4, 0.5) is 0 Å². The van der Waals surface area contributed by atoms with E-state index in [1.54, 1.807) is 0 Å². The van der Waals surface area contributed by atoms with E-state index in [0.29, 0.717) is 34.4 Å². The quantitative estimate of drug-likeness (QED) is 0.237. The summed E-state index contributed by atoms with van der Waals surface area (Å²) >= 11 is 0. The molecule has 0 saturated carbocycles. The number of hydrogen-bond acceptors (Lipinski definition) is 9. The van der Waals surface area contributed by atoms with E-state index in [1.807, 2.05) is 91.0 Å². The van der Waals surface area contributed by atoms with E-state index < -0.39 is 0 Å². The van der Waals surface area contributed by atoms with Gasteiger partial charge >= 0.3 is 0 Å². The second-order valence-electron chi connectivity index (χ2n) is 8.58. The first-order chi connectivity index (χ1) is 19.4. The van der Waals surface area contributed by atoms with E-state index in [9.17, 15) is 0 Å². The molecule has 0 fully saturated rings. The van der Waals surface area contributed by atoms with Crippen molar-refractivity contribution >= 4 is 0 Å². The van der Waals surface area contributed by atoms with Crippen LogP contribution in [0.3, 0.4) is 0 Å². The first kappa shape index (κ1) is 22.5. The van der Waals surface area contributed by atoms with E-state index in [1.165, 1.54) is 19.2 Å². The summed E-state index contributed by atoms with van der Waals surface area (Å²) in [4.78, 5) is 0. The summed E-state index contributed by atoms with van der Waals surface area (Å²) in [5, 5.41) is 25.1. The Morgan fingerprint density at radius 1 is 0.333 bits per heavy atom. The molecule has 0 unspecified atom stereocenters. The first-order valence-corrected chi connectivity index (χ1v) is 12.1. The lowest BCUT2D eigenvalue weighted by molar-refractivity contribution is 0.565. The Bertz CT molecular complexity index is 1580. The van der Waals surface area contributed by atoms with Gasteiger partial charge in [0.2, 0.25) is 36.9 Å². The van der Waals surface area contributed by atoms with Crippen molar-refractivity contribution < 1.29 is 13.3 Å². The predicted octanol–water partition coefficient (Wildman–Crippen LogP) is 6.84. The molecule has 0 aliphatic rings. The molecule has 0 spiro atoms. The van der Waals surface area contributed by atoms with Crippen LogP contribution in [0.25, 0.3) is 67.7 Å². The van der Waals surface area contributed by atoms with Crippen molar-refractivity contribution in [3.8, 4) is 67.7 Å². The third kappa shape index (κ3) is 3.89. The van der Waals surface area contributed by atoms with Crippen molar-refractivity contribution in [1.82, 2.24) is 30.6 Å². The number of rotatable bonds is 6. The van der Waals surface area contributed by atoms with Crippen molar-refractivity contribution in [2.75, 3.05) is 0 Å². The smallest absolute Gasteiger partial charge is 0.248 e. The first-order valence-electron chi connectivity index (χ1n) is 12.1. The normalized spacial score (nSPS) is 11.1. The average Bonchev–Trinajstić information content (AvgIpc) is 3.82. The summed E-state index contributed by atoms with van der Waals surface area (Å²) in [6.45, 7) is 0. The Morgan fingerprint density at radius 3 is 0.846 bits per heavy atom. The van der Waals surface area contributed by atoms with Gasteiger partial charge in [0.15, 0.2) is 0 Å². The minimum atomic E-state index is 0.314. The van der Waals surface area contributed by atoms with Crippen molar-refractivity contribution in [3.63, 3.8) is 0 Å². The molecule has 0 aliphatic carbocycles. The zero-order valence-electron chi connectivity index (χ0n) is 20.3. The van der Waals surface area contributed by atoms with Gasteiger partial charge in [-0.3, -0.25) is 0 Å². The maximum absolute atomic E-state index is 5.88. The van der Waals surface area contributed by atoms with Crippen LogP contribution < -0.4 is 0 Å². The Labute approximate surface area is 221 Å². The van der Waals surface area contributed by atoms with Gasteiger partial charge in [-0.2, -0.15) is 0 Å². The van der Waals surface area contributed by atoms with Gasteiger partial charge in [-0.25, -0.2) is 0 Å². The average molecular weight is 511 g/mol. The lowest BCUT2D eigenvalue weighted by atomic mass is 9.79. The molecule has 7 aromatic rings. The summed E-state index contributed by atoms with van der Waals surface area (Å²) in [6, 6.07) is 29.8. The molecule has 0 saturated heterocycles. The zero-order chi connectivity index (χ0) is 26.0. The minimum Gasteiger partial charge on any atom is -0.423 e. The van der Waals surface area contributed by atoms with E-state index in [2.05, 4.69) is 30.6 Å². The van der Waals surface area contributed by atoms with Crippen molar-refractivity contribution in [3.05, 3.63) is 110 Å². The fourth-order valence-corrected chi connectivity index (χ4v) is 4.92. The van der Waals surface area contributed by atoms with Crippen LogP contribution in [0, 0.1) is 0 Å². The second kappa shape index (κ2) is 9.64. The van der Waals surface area contributed by atoms with Crippen LogP contribution >= 0.6 is 0 Å². The Balaban J connectivity index is 1.80. The van der Waals surface area contributed by atoms with Crippen LogP contribution in [0.15, 0.2) is 123 Å². The highest BCUT2D eigenvalue weighted by molar-refractivity contribution is 6.12. The molecule has 4 aromatic carbocycles. The molecule has 0 atom stereocenters. The fourth-order valence-electron chi connectivity index (χ4n) is 4.92. The monoisotopic (exact) mass is 510 g/mol. The molecule has 7 rings (SSSR count). The Kier molecular flexibility index (Phi) is 5.56. The molecular weight excluding hydrogens is 492 g/mol. The van der Waals surface area contributed by atoms with Crippen molar-refractivity contribution in [1.29, 1.82) is 0 Å². The summed E-state index contributed by atoms with van der Waals surface area (Å²) in [5.74, 6) is 0.941. The van der Waals surface area contributed by atoms with Gasteiger partial charge in [-0.15, -0.1) is 30.6 Å². The highest BCUT2D eigenvalue weighted by Crippen LogP contribution is 2.54. The van der Waals surface area contributed by atoms with E-state index in [4.69, 9.17) is 13.3 Å². The number of aromatic nitrogens is 6. The van der Waals surface area contributed by atoms with Crippen LogP contribution in [0.5, 0.6) is 0 Å². The van der Waals surface area contributed by atoms with E-state index in [0.717, 1.165) is 33.4 Å². The summed E-state index contributed by atoms with van der Waals surface area (Å²) < 4.78 is 17.6. The highest BCUT2D eigenvalue weighted by Gasteiger charge is 2.33. The zero-order valence-corrected chi connectivity index (χ0v) is 20.3. The largest absolute Gasteiger partial charge is 0.423 e. The highest BCUT2D eigenvalue weighted by atomic mass is 16.4. The molecule has 39 heavy (non-hydrogen) atoms.